The predicted molar refractivity (Wildman–Crippen MR) is 60.1 cm³/mol. The van der Waals surface area contributed by atoms with Gasteiger partial charge in [0, 0.05) is 6.42 Å². The standard InChI is InChI=1S/C12H7F17/c1-4(2)3-5(13,14)6(15,16)7(17,18)8(19,20)9(21,22)10(23,24)11(25,26)12(27,28)29/h1,3H2,2H3. The summed E-state index contributed by atoms with van der Waals surface area (Å²) in [6.07, 6.45) is -10.3. The molecule has 0 saturated carbocycles. The van der Waals surface area contributed by atoms with Crippen LogP contribution in [0.3, 0.4) is 0 Å². The van der Waals surface area contributed by atoms with Gasteiger partial charge in [-0.3, -0.25) is 0 Å². The van der Waals surface area contributed by atoms with Crippen molar-refractivity contribution >= 4 is 0 Å². The SMILES string of the molecule is C=C(C)CC(F)(F)C(F)(F)C(F)(F)C(F)(F)C(F)(F)C(F)(F)C(F)(F)C(F)(F)F. The van der Waals surface area contributed by atoms with Gasteiger partial charge in [-0.1, -0.05) is 12.2 Å². The van der Waals surface area contributed by atoms with Crippen LogP contribution in [0.25, 0.3) is 0 Å². The lowest BCUT2D eigenvalue weighted by atomic mass is 9.87. The molecular weight excluding hydrogens is 467 g/mol. The fraction of sp³-hybridized carbons (Fsp3) is 0.833. The Morgan fingerprint density at radius 1 is 0.483 bits per heavy atom. The van der Waals surface area contributed by atoms with E-state index in [-0.39, 0.29) is 0 Å². The Morgan fingerprint density at radius 2 is 0.724 bits per heavy atom. The van der Waals surface area contributed by atoms with E-state index in [1.54, 1.807) is 0 Å². The van der Waals surface area contributed by atoms with Crippen LogP contribution in [0.4, 0.5) is 74.6 Å². The highest BCUT2D eigenvalue weighted by atomic mass is 19.4. The first-order chi connectivity index (χ1) is 12.2. The molecule has 0 unspecified atom stereocenters. The zero-order chi connectivity index (χ0) is 24.3. The molecule has 0 heterocycles. The molecule has 0 aromatic carbocycles. The summed E-state index contributed by atoms with van der Waals surface area (Å²) in [7, 11) is 0. The van der Waals surface area contributed by atoms with Crippen LogP contribution in [0.15, 0.2) is 12.2 Å². The number of rotatable bonds is 8. The van der Waals surface area contributed by atoms with E-state index < -0.39 is 59.6 Å². The van der Waals surface area contributed by atoms with Crippen molar-refractivity contribution < 1.29 is 74.6 Å². The smallest absolute Gasteiger partial charge is 0.199 e. The Morgan fingerprint density at radius 3 is 0.966 bits per heavy atom. The van der Waals surface area contributed by atoms with Crippen molar-refractivity contribution in [2.45, 2.75) is 61.0 Å². The van der Waals surface area contributed by atoms with Crippen LogP contribution in [0.1, 0.15) is 13.3 Å². The molecule has 0 aliphatic heterocycles. The zero-order valence-corrected chi connectivity index (χ0v) is 13.3. The largest absolute Gasteiger partial charge is 0.460 e. The van der Waals surface area contributed by atoms with Crippen molar-refractivity contribution in [1.82, 2.24) is 0 Å². The summed E-state index contributed by atoms with van der Waals surface area (Å²) < 4.78 is 219. The molecule has 174 valence electrons. The number of hydrogen-bond acceptors (Lipinski definition) is 0. The Balaban J connectivity index is 6.69. The molecule has 0 aliphatic carbocycles. The van der Waals surface area contributed by atoms with E-state index in [2.05, 4.69) is 6.58 Å². The molecule has 0 fully saturated rings. The van der Waals surface area contributed by atoms with Crippen LogP contribution in [0.5, 0.6) is 0 Å². The third kappa shape index (κ3) is 3.61. The molecule has 0 spiro atoms. The first kappa shape index (κ1) is 27.5. The molecule has 0 saturated heterocycles. The Kier molecular flexibility index (Phi) is 6.44. The lowest BCUT2D eigenvalue weighted by Crippen LogP contribution is -2.74. The fourth-order valence-corrected chi connectivity index (χ4v) is 1.69. The average Bonchev–Trinajstić information content (AvgIpc) is 2.43. The lowest BCUT2D eigenvalue weighted by molar-refractivity contribution is -0.461. The van der Waals surface area contributed by atoms with Crippen molar-refractivity contribution in [2.24, 2.45) is 0 Å². The minimum absolute atomic E-state index is 0.437. The van der Waals surface area contributed by atoms with E-state index in [1.807, 2.05) is 0 Å². The molecule has 0 rings (SSSR count). The number of alkyl halides is 17. The van der Waals surface area contributed by atoms with Gasteiger partial charge in [-0.15, -0.1) is 0 Å². The minimum atomic E-state index is -8.59. The van der Waals surface area contributed by atoms with E-state index in [0.29, 0.717) is 6.92 Å². The third-order valence-electron chi connectivity index (χ3n) is 3.31. The highest BCUT2D eigenvalue weighted by Crippen LogP contribution is 2.64. The monoisotopic (exact) mass is 474 g/mol. The van der Waals surface area contributed by atoms with E-state index in [1.165, 1.54) is 0 Å². The predicted octanol–water partition coefficient (Wildman–Crippen LogP) is 6.96. The molecule has 17 heteroatoms. The molecule has 0 aromatic rings. The van der Waals surface area contributed by atoms with Crippen LogP contribution < -0.4 is 0 Å². The van der Waals surface area contributed by atoms with E-state index in [9.17, 15) is 74.6 Å². The van der Waals surface area contributed by atoms with Crippen LogP contribution in [0.2, 0.25) is 0 Å². The Hall–Kier alpha value is -1.45. The second-order valence-corrected chi connectivity index (χ2v) is 5.78. The van der Waals surface area contributed by atoms with Crippen LogP contribution >= 0.6 is 0 Å². The maximum absolute atomic E-state index is 13.3. The second kappa shape index (κ2) is 6.78. The summed E-state index contributed by atoms with van der Waals surface area (Å²) in [5.41, 5.74) is -1.13. The van der Waals surface area contributed by atoms with Gasteiger partial charge in [-0.2, -0.15) is 74.6 Å². The van der Waals surface area contributed by atoms with Gasteiger partial charge in [0.1, 0.15) is 0 Å². The molecule has 0 atom stereocenters. The summed E-state index contributed by atoms with van der Waals surface area (Å²) in [6, 6.07) is 0. The van der Waals surface area contributed by atoms with Gasteiger partial charge >= 0.3 is 47.6 Å². The van der Waals surface area contributed by atoms with Gasteiger partial charge in [0.15, 0.2) is 0 Å². The number of hydrogen-bond donors (Lipinski definition) is 0. The molecule has 0 amide bonds. The fourth-order valence-electron chi connectivity index (χ4n) is 1.69. The zero-order valence-electron chi connectivity index (χ0n) is 13.3. The second-order valence-electron chi connectivity index (χ2n) is 5.78. The molecule has 0 radical (unpaired) electrons. The summed E-state index contributed by atoms with van der Waals surface area (Å²) in [6.45, 7) is 2.94. The molecule has 0 aromatic heterocycles. The summed E-state index contributed by atoms with van der Waals surface area (Å²) in [5, 5.41) is 0. The highest BCUT2D eigenvalue weighted by Gasteiger charge is 2.95. The number of halogens is 17. The minimum Gasteiger partial charge on any atom is -0.199 e. The number of allylic oxidation sites excluding steroid dienone is 1. The highest BCUT2D eigenvalue weighted by molar-refractivity contribution is 5.16. The summed E-state index contributed by atoms with van der Waals surface area (Å²) in [5.74, 6) is -56.0. The first-order valence-corrected chi connectivity index (χ1v) is 6.52. The van der Waals surface area contributed by atoms with Crippen molar-refractivity contribution in [3.8, 4) is 0 Å². The van der Waals surface area contributed by atoms with Gasteiger partial charge < -0.3 is 0 Å². The van der Waals surface area contributed by atoms with E-state index >= 15 is 0 Å². The van der Waals surface area contributed by atoms with E-state index in [0.717, 1.165) is 0 Å². The van der Waals surface area contributed by atoms with Crippen molar-refractivity contribution in [2.75, 3.05) is 0 Å². The van der Waals surface area contributed by atoms with Crippen LogP contribution in [-0.2, 0) is 0 Å². The van der Waals surface area contributed by atoms with Gasteiger partial charge in [-0.25, -0.2) is 0 Å². The Labute approximate surface area is 149 Å². The maximum Gasteiger partial charge on any atom is 0.460 e. The van der Waals surface area contributed by atoms with Crippen LogP contribution in [0, 0.1) is 0 Å². The van der Waals surface area contributed by atoms with Gasteiger partial charge in [0.05, 0.1) is 0 Å². The van der Waals surface area contributed by atoms with Crippen LogP contribution in [-0.4, -0.2) is 47.6 Å². The summed E-state index contributed by atoms with van der Waals surface area (Å²) >= 11 is 0. The average molecular weight is 474 g/mol. The topological polar surface area (TPSA) is 0 Å². The summed E-state index contributed by atoms with van der Waals surface area (Å²) in [4.78, 5) is 0. The van der Waals surface area contributed by atoms with Crippen molar-refractivity contribution in [3.63, 3.8) is 0 Å². The van der Waals surface area contributed by atoms with E-state index in [4.69, 9.17) is 0 Å². The molecule has 29 heavy (non-hydrogen) atoms. The molecule has 0 bridgehead atoms. The molecule has 0 N–H and O–H groups in total. The molecule has 0 nitrogen and oxygen atoms in total. The maximum atomic E-state index is 13.3. The normalized spacial score (nSPS) is 16.2. The Bertz CT molecular complexity index is 623. The lowest BCUT2D eigenvalue weighted by Gasteiger charge is -2.42. The third-order valence-corrected chi connectivity index (χ3v) is 3.31. The first-order valence-electron chi connectivity index (χ1n) is 6.52. The van der Waals surface area contributed by atoms with Gasteiger partial charge in [0.2, 0.25) is 0 Å². The van der Waals surface area contributed by atoms with Crippen molar-refractivity contribution in [1.29, 1.82) is 0 Å². The van der Waals surface area contributed by atoms with Crippen molar-refractivity contribution in [3.05, 3.63) is 12.2 Å². The van der Waals surface area contributed by atoms with Gasteiger partial charge in [-0.05, 0) is 6.92 Å². The quantitative estimate of drug-likeness (QED) is 0.264. The molecular formula is C12H7F17. The van der Waals surface area contributed by atoms with Gasteiger partial charge in [0.25, 0.3) is 0 Å². The molecule has 0 aliphatic rings.